The summed E-state index contributed by atoms with van der Waals surface area (Å²) in [5.74, 6) is 1.98. The first-order valence-corrected chi connectivity index (χ1v) is 6.01. The van der Waals surface area contributed by atoms with E-state index in [0.717, 1.165) is 16.9 Å². The van der Waals surface area contributed by atoms with Gasteiger partial charge in [0.25, 0.3) is 0 Å². The van der Waals surface area contributed by atoms with Crippen LogP contribution in [0.5, 0.6) is 11.5 Å². The zero-order valence-electron chi connectivity index (χ0n) is 10.6. The summed E-state index contributed by atoms with van der Waals surface area (Å²) >= 11 is 0. The predicted molar refractivity (Wildman–Crippen MR) is 66.0 cm³/mol. The van der Waals surface area contributed by atoms with Crippen LogP contribution in [0.25, 0.3) is 0 Å². The van der Waals surface area contributed by atoms with Gasteiger partial charge in [0.05, 0.1) is 0 Å². The molecule has 17 heavy (non-hydrogen) atoms. The van der Waals surface area contributed by atoms with Gasteiger partial charge >= 0.3 is 0 Å². The van der Waals surface area contributed by atoms with Crippen LogP contribution in [0, 0.1) is 12.8 Å². The van der Waals surface area contributed by atoms with E-state index in [1.54, 1.807) is 0 Å². The molecule has 1 aliphatic rings. The van der Waals surface area contributed by atoms with Crippen molar-refractivity contribution < 1.29 is 14.3 Å². The monoisotopic (exact) mass is 234 g/mol. The van der Waals surface area contributed by atoms with E-state index >= 15 is 0 Å². The van der Waals surface area contributed by atoms with Crippen LogP contribution in [-0.2, 0) is 0 Å². The zero-order valence-corrected chi connectivity index (χ0v) is 10.6. The highest BCUT2D eigenvalue weighted by atomic mass is 16.6. The molecule has 1 aromatic carbocycles. The van der Waals surface area contributed by atoms with Crippen LogP contribution in [0.15, 0.2) is 12.1 Å². The van der Waals surface area contributed by atoms with Crippen molar-refractivity contribution in [3.63, 3.8) is 0 Å². The van der Waals surface area contributed by atoms with Gasteiger partial charge in [-0.15, -0.1) is 0 Å². The van der Waals surface area contributed by atoms with Gasteiger partial charge in [0.2, 0.25) is 0 Å². The summed E-state index contributed by atoms with van der Waals surface area (Å²) in [6.45, 7) is 7.15. The van der Waals surface area contributed by atoms with Gasteiger partial charge in [-0.1, -0.05) is 13.8 Å². The van der Waals surface area contributed by atoms with Crippen molar-refractivity contribution in [1.29, 1.82) is 0 Å². The Balaban J connectivity index is 2.31. The molecular formula is C14H18O3. The number of rotatable bonds is 3. The molecule has 0 radical (unpaired) electrons. The summed E-state index contributed by atoms with van der Waals surface area (Å²) in [7, 11) is 0. The van der Waals surface area contributed by atoms with Crippen molar-refractivity contribution in [2.45, 2.75) is 27.2 Å². The van der Waals surface area contributed by atoms with Crippen LogP contribution in [0.3, 0.4) is 0 Å². The molecule has 0 N–H and O–H groups in total. The maximum absolute atomic E-state index is 12.1. The average Bonchev–Trinajstić information content (AvgIpc) is 2.27. The molecule has 92 valence electrons. The zero-order chi connectivity index (χ0) is 12.4. The van der Waals surface area contributed by atoms with Crippen molar-refractivity contribution >= 4 is 5.78 Å². The third-order valence-electron chi connectivity index (χ3n) is 2.78. The Labute approximate surface area is 102 Å². The maximum atomic E-state index is 12.1. The van der Waals surface area contributed by atoms with Gasteiger partial charge in [-0.3, -0.25) is 4.79 Å². The molecule has 0 fully saturated rings. The average molecular weight is 234 g/mol. The summed E-state index contributed by atoms with van der Waals surface area (Å²) < 4.78 is 11.0. The Morgan fingerprint density at radius 2 is 1.82 bits per heavy atom. The molecule has 0 bridgehead atoms. The first-order chi connectivity index (χ1) is 8.08. The second-order valence-corrected chi connectivity index (χ2v) is 4.83. The lowest BCUT2D eigenvalue weighted by Gasteiger charge is -2.20. The van der Waals surface area contributed by atoms with Crippen LogP contribution in [0.2, 0.25) is 0 Å². The van der Waals surface area contributed by atoms with Crippen LogP contribution in [0.4, 0.5) is 0 Å². The van der Waals surface area contributed by atoms with E-state index in [9.17, 15) is 4.79 Å². The smallest absolute Gasteiger partial charge is 0.163 e. The molecule has 0 atom stereocenters. The Morgan fingerprint density at radius 1 is 1.24 bits per heavy atom. The van der Waals surface area contributed by atoms with E-state index < -0.39 is 0 Å². The van der Waals surface area contributed by atoms with Crippen LogP contribution in [-0.4, -0.2) is 19.0 Å². The minimum Gasteiger partial charge on any atom is -0.486 e. The lowest BCUT2D eigenvalue weighted by atomic mass is 9.97. The Morgan fingerprint density at radius 3 is 2.41 bits per heavy atom. The topological polar surface area (TPSA) is 35.5 Å². The van der Waals surface area contributed by atoms with Gasteiger partial charge < -0.3 is 9.47 Å². The number of ether oxygens (including phenoxy) is 2. The third-order valence-corrected chi connectivity index (χ3v) is 2.78. The Bertz CT molecular complexity index is 435. The number of carbonyl (C=O) groups excluding carboxylic acids is 1. The first kappa shape index (κ1) is 12.0. The fourth-order valence-electron chi connectivity index (χ4n) is 1.97. The lowest BCUT2D eigenvalue weighted by molar-refractivity contribution is 0.0966. The number of aryl methyl sites for hydroxylation is 1. The summed E-state index contributed by atoms with van der Waals surface area (Å²) in [5, 5.41) is 0. The Hall–Kier alpha value is -1.51. The van der Waals surface area contributed by atoms with Gasteiger partial charge in [0.1, 0.15) is 13.2 Å². The van der Waals surface area contributed by atoms with Crippen molar-refractivity contribution in [3.8, 4) is 11.5 Å². The molecule has 2 rings (SSSR count). The van der Waals surface area contributed by atoms with Crippen molar-refractivity contribution in [1.82, 2.24) is 0 Å². The van der Waals surface area contributed by atoms with Crippen LogP contribution < -0.4 is 9.47 Å². The fraction of sp³-hybridized carbons (Fsp3) is 0.500. The summed E-state index contributed by atoms with van der Waals surface area (Å²) in [5.41, 5.74) is 1.71. The minimum absolute atomic E-state index is 0.175. The molecule has 0 unspecified atom stereocenters. The largest absolute Gasteiger partial charge is 0.486 e. The SMILES string of the molecule is Cc1cc2c(cc1C(=O)CC(C)C)OCCO2. The van der Waals surface area contributed by atoms with Crippen molar-refractivity contribution in [2.24, 2.45) is 5.92 Å². The standard InChI is InChI=1S/C14H18O3/c1-9(2)6-12(15)11-8-14-13(7-10(11)3)16-4-5-17-14/h7-9H,4-6H2,1-3H3. The Kier molecular flexibility index (Phi) is 3.36. The summed E-state index contributed by atoms with van der Waals surface area (Å²) in [6.07, 6.45) is 0.570. The van der Waals surface area contributed by atoms with E-state index in [4.69, 9.17) is 9.47 Å². The highest BCUT2D eigenvalue weighted by molar-refractivity contribution is 5.98. The second kappa shape index (κ2) is 4.78. The molecule has 0 aromatic heterocycles. The van der Waals surface area contributed by atoms with Gasteiger partial charge in [-0.2, -0.15) is 0 Å². The number of benzene rings is 1. The third kappa shape index (κ3) is 2.60. The number of hydrogen-bond donors (Lipinski definition) is 0. The van der Waals surface area contributed by atoms with Crippen LogP contribution >= 0.6 is 0 Å². The number of carbonyl (C=O) groups is 1. The van der Waals surface area contributed by atoms with Crippen LogP contribution in [0.1, 0.15) is 36.2 Å². The van der Waals surface area contributed by atoms with Gasteiger partial charge in [-0.25, -0.2) is 0 Å². The predicted octanol–water partition coefficient (Wildman–Crippen LogP) is 3.00. The minimum atomic E-state index is 0.175. The van der Waals surface area contributed by atoms with Gasteiger partial charge in [-0.05, 0) is 30.5 Å². The molecule has 0 spiro atoms. The maximum Gasteiger partial charge on any atom is 0.163 e. The molecule has 1 heterocycles. The highest BCUT2D eigenvalue weighted by Gasteiger charge is 2.18. The normalized spacial score (nSPS) is 13.9. The second-order valence-electron chi connectivity index (χ2n) is 4.83. The molecule has 1 aliphatic heterocycles. The quantitative estimate of drug-likeness (QED) is 0.754. The number of Topliss-reactive ketones (excluding diaryl/α,β-unsaturated/α-hetero) is 1. The molecule has 3 nitrogen and oxygen atoms in total. The van der Waals surface area contributed by atoms with Gasteiger partial charge in [0.15, 0.2) is 17.3 Å². The molecule has 3 heteroatoms. The van der Waals surface area contributed by atoms with Crippen molar-refractivity contribution in [3.05, 3.63) is 23.3 Å². The molecule has 0 aliphatic carbocycles. The number of ketones is 1. The van der Waals surface area contributed by atoms with E-state index in [1.807, 2.05) is 32.9 Å². The van der Waals surface area contributed by atoms with E-state index in [2.05, 4.69) is 0 Å². The molecule has 0 amide bonds. The van der Waals surface area contributed by atoms with E-state index in [0.29, 0.717) is 31.3 Å². The summed E-state index contributed by atoms with van der Waals surface area (Å²) in [6, 6.07) is 3.70. The lowest BCUT2D eigenvalue weighted by Crippen LogP contribution is -2.16. The summed E-state index contributed by atoms with van der Waals surface area (Å²) in [4.78, 5) is 12.1. The number of fused-ring (bicyclic) bond motifs is 1. The van der Waals surface area contributed by atoms with Crippen molar-refractivity contribution in [2.75, 3.05) is 13.2 Å². The molecule has 0 saturated carbocycles. The van der Waals surface area contributed by atoms with E-state index in [1.165, 1.54) is 0 Å². The molecular weight excluding hydrogens is 216 g/mol. The molecule has 0 saturated heterocycles. The van der Waals surface area contributed by atoms with E-state index in [-0.39, 0.29) is 5.78 Å². The first-order valence-electron chi connectivity index (χ1n) is 6.01. The highest BCUT2D eigenvalue weighted by Crippen LogP contribution is 2.33. The fourth-order valence-corrected chi connectivity index (χ4v) is 1.97. The van der Waals surface area contributed by atoms with Gasteiger partial charge in [0, 0.05) is 12.0 Å². The number of hydrogen-bond acceptors (Lipinski definition) is 3. The molecule has 1 aromatic rings.